The SMILES string of the molecule is CCCCCCOc1ccccc1C(=O)/C=N\NC(=O)c1cccnc1. The van der Waals surface area contributed by atoms with Gasteiger partial charge in [0.2, 0.25) is 5.78 Å². The van der Waals surface area contributed by atoms with E-state index in [0.29, 0.717) is 23.5 Å². The van der Waals surface area contributed by atoms with Crippen molar-refractivity contribution in [3.05, 3.63) is 59.9 Å². The van der Waals surface area contributed by atoms with Crippen LogP contribution in [0.4, 0.5) is 0 Å². The average molecular weight is 353 g/mol. The molecule has 2 aromatic rings. The van der Waals surface area contributed by atoms with Crippen molar-refractivity contribution < 1.29 is 14.3 Å². The minimum Gasteiger partial charge on any atom is -0.493 e. The second-order valence-electron chi connectivity index (χ2n) is 5.71. The molecule has 0 bridgehead atoms. The van der Waals surface area contributed by atoms with Crippen LogP contribution in [0.1, 0.15) is 53.3 Å². The molecule has 0 unspecified atom stereocenters. The maximum Gasteiger partial charge on any atom is 0.272 e. The quantitative estimate of drug-likeness (QED) is 0.306. The average Bonchev–Trinajstić information content (AvgIpc) is 2.68. The van der Waals surface area contributed by atoms with Crippen molar-refractivity contribution in [2.45, 2.75) is 32.6 Å². The number of unbranched alkanes of at least 4 members (excludes halogenated alkanes) is 3. The maximum atomic E-state index is 12.3. The molecule has 0 aliphatic heterocycles. The molecule has 0 radical (unpaired) electrons. The largest absolute Gasteiger partial charge is 0.493 e. The Kier molecular flexibility index (Phi) is 7.99. The number of pyridine rings is 1. The molecule has 1 N–H and O–H groups in total. The summed E-state index contributed by atoms with van der Waals surface area (Å²) in [6.45, 7) is 2.72. The number of ether oxygens (including phenoxy) is 1. The number of nitrogens with zero attached hydrogens (tertiary/aromatic N) is 2. The number of carbonyl (C=O) groups excluding carboxylic acids is 2. The van der Waals surface area contributed by atoms with Gasteiger partial charge in [-0.25, -0.2) is 5.43 Å². The third-order valence-electron chi connectivity index (χ3n) is 3.68. The van der Waals surface area contributed by atoms with Crippen LogP contribution < -0.4 is 10.2 Å². The van der Waals surface area contributed by atoms with E-state index >= 15 is 0 Å². The Morgan fingerprint density at radius 3 is 2.77 bits per heavy atom. The monoisotopic (exact) mass is 353 g/mol. The van der Waals surface area contributed by atoms with Crippen LogP contribution in [-0.4, -0.2) is 29.5 Å². The summed E-state index contributed by atoms with van der Waals surface area (Å²) in [6, 6.07) is 10.3. The number of hydrogen-bond donors (Lipinski definition) is 1. The zero-order valence-electron chi connectivity index (χ0n) is 14.9. The van der Waals surface area contributed by atoms with Gasteiger partial charge in [0.05, 0.1) is 23.9 Å². The van der Waals surface area contributed by atoms with Gasteiger partial charge in [0.15, 0.2) is 0 Å². The van der Waals surface area contributed by atoms with Crippen molar-refractivity contribution in [3.63, 3.8) is 0 Å². The smallest absolute Gasteiger partial charge is 0.272 e. The second kappa shape index (κ2) is 10.8. The fourth-order valence-corrected chi connectivity index (χ4v) is 2.29. The number of hydrazone groups is 1. The molecular weight excluding hydrogens is 330 g/mol. The van der Waals surface area contributed by atoms with Gasteiger partial charge in [-0.15, -0.1) is 0 Å². The number of Topliss-reactive ketones (excluding diaryl/α,β-unsaturated/α-hetero) is 1. The van der Waals surface area contributed by atoms with E-state index in [9.17, 15) is 9.59 Å². The Bertz CT molecular complexity index is 745. The molecular formula is C20H23N3O3. The zero-order chi connectivity index (χ0) is 18.6. The number of carbonyl (C=O) groups is 2. The van der Waals surface area contributed by atoms with Crippen LogP contribution >= 0.6 is 0 Å². The molecule has 1 aromatic heterocycles. The first kappa shape index (κ1) is 19.3. The number of ketones is 1. The molecule has 6 heteroatoms. The number of para-hydroxylation sites is 1. The fraction of sp³-hybridized carbons (Fsp3) is 0.300. The number of hydrogen-bond acceptors (Lipinski definition) is 5. The van der Waals surface area contributed by atoms with E-state index in [-0.39, 0.29) is 5.78 Å². The van der Waals surface area contributed by atoms with E-state index in [1.54, 1.807) is 36.5 Å². The van der Waals surface area contributed by atoms with Crippen molar-refractivity contribution in [1.82, 2.24) is 10.4 Å². The number of benzene rings is 1. The molecule has 0 fully saturated rings. The van der Waals surface area contributed by atoms with Gasteiger partial charge >= 0.3 is 0 Å². The van der Waals surface area contributed by atoms with E-state index in [1.165, 1.54) is 12.6 Å². The van der Waals surface area contributed by atoms with Gasteiger partial charge in [-0.2, -0.15) is 5.10 Å². The summed E-state index contributed by atoms with van der Waals surface area (Å²) in [5.74, 6) is -0.234. The lowest BCUT2D eigenvalue weighted by Crippen LogP contribution is -2.19. The van der Waals surface area contributed by atoms with Crippen LogP contribution in [0.15, 0.2) is 53.9 Å². The molecule has 1 amide bonds. The summed E-state index contributed by atoms with van der Waals surface area (Å²) in [7, 11) is 0. The lowest BCUT2D eigenvalue weighted by molar-refractivity contribution is 0.0955. The summed E-state index contributed by atoms with van der Waals surface area (Å²) < 4.78 is 5.72. The fourth-order valence-electron chi connectivity index (χ4n) is 2.29. The molecule has 0 atom stereocenters. The van der Waals surface area contributed by atoms with Gasteiger partial charge in [0, 0.05) is 12.4 Å². The van der Waals surface area contributed by atoms with Crippen LogP contribution in [0, 0.1) is 0 Å². The van der Waals surface area contributed by atoms with Crippen molar-refractivity contribution >= 4 is 17.9 Å². The third kappa shape index (κ3) is 6.12. The lowest BCUT2D eigenvalue weighted by Gasteiger charge is -2.09. The van der Waals surface area contributed by atoms with E-state index in [4.69, 9.17) is 4.74 Å². The van der Waals surface area contributed by atoms with Crippen LogP contribution in [0.25, 0.3) is 0 Å². The summed E-state index contributed by atoms with van der Waals surface area (Å²) in [5.41, 5.74) is 3.10. The van der Waals surface area contributed by atoms with Crippen molar-refractivity contribution in [1.29, 1.82) is 0 Å². The van der Waals surface area contributed by atoms with E-state index in [0.717, 1.165) is 25.5 Å². The summed E-state index contributed by atoms with van der Waals surface area (Å²) in [6.07, 6.45) is 8.47. The highest BCUT2D eigenvalue weighted by atomic mass is 16.5. The predicted molar refractivity (Wildman–Crippen MR) is 101 cm³/mol. The number of amides is 1. The first-order valence-electron chi connectivity index (χ1n) is 8.72. The maximum absolute atomic E-state index is 12.3. The molecule has 2 rings (SSSR count). The van der Waals surface area contributed by atoms with Crippen LogP contribution in [0.5, 0.6) is 5.75 Å². The van der Waals surface area contributed by atoms with Crippen LogP contribution in [0.2, 0.25) is 0 Å². The Morgan fingerprint density at radius 1 is 1.15 bits per heavy atom. The topological polar surface area (TPSA) is 80.6 Å². The second-order valence-corrected chi connectivity index (χ2v) is 5.71. The highest BCUT2D eigenvalue weighted by Gasteiger charge is 2.10. The van der Waals surface area contributed by atoms with Crippen LogP contribution in [0.3, 0.4) is 0 Å². The van der Waals surface area contributed by atoms with E-state index in [1.807, 2.05) is 6.07 Å². The van der Waals surface area contributed by atoms with E-state index in [2.05, 4.69) is 22.4 Å². The van der Waals surface area contributed by atoms with Gasteiger partial charge < -0.3 is 4.74 Å². The van der Waals surface area contributed by atoms with Gasteiger partial charge in [-0.3, -0.25) is 14.6 Å². The highest BCUT2D eigenvalue weighted by molar-refractivity contribution is 6.36. The van der Waals surface area contributed by atoms with Gasteiger partial charge in [-0.1, -0.05) is 38.3 Å². The summed E-state index contributed by atoms with van der Waals surface area (Å²) in [4.78, 5) is 28.0. The first-order valence-corrected chi connectivity index (χ1v) is 8.72. The minimum atomic E-state index is -0.428. The standard InChI is InChI=1S/C20H23N3O3/c1-2-3-4-7-13-26-19-11-6-5-10-17(19)18(24)15-22-23-20(25)16-9-8-12-21-14-16/h5-6,8-12,14-15H,2-4,7,13H2,1H3,(H,23,25)/b22-15-. The highest BCUT2D eigenvalue weighted by Crippen LogP contribution is 2.18. The third-order valence-corrected chi connectivity index (χ3v) is 3.68. The molecule has 0 aliphatic carbocycles. The zero-order valence-corrected chi connectivity index (χ0v) is 14.9. The Labute approximate surface area is 153 Å². The van der Waals surface area contributed by atoms with Gasteiger partial charge in [-0.05, 0) is 30.7 Å². The van der Waals surface area contributed by atoms with Crippen molar-refractivity contribution in [2.24, 2.45) is 5.10 Å². The van der Waals surface area contributed by atoms with E-state index < -0.39 is 5.91 Å². The Morgan fingerprint density at radius 2 is 2.00 bits per heavy atom. The van der Waals surface area contributed by atoms with Crippen molar-refractivity contribution in [2.75, 3.05) is 6.61 Å². The molecule has 0 saturated heterocycles. The molecule has 0 saturated carbocycles. The minimum absolute atomic E-state index is 0.333. The number of nitrogens with one attached hydrogen (secondary N) is 1. The molecule has 6 nitrogen and oxygen atoms in total. The Hall–Kier alpha value is -3.02. The first-order chi connectivity index (χ1) is 12.7. The van der Waals surface area contributed by atoms with Crippen molar-refractivity contribution in [3.8, 4) is 5.75 Å². The molecule has 136 valence electrons. The number of aromatic nitrogens is 1. The predicted octanol–water partition coefficient (Wildman–Crippen LogP) is 3.64. The molecule has 1 heterocycles. The van der Waals surface area contributed by atoms with Gasteiger partial charge in [0.1, 0.15) is 5.75 Å². The molecule has 26 heavy (non-hydrogen) atoms. The van der Waals surface area contributed by atoms with Crippen LogP contribution in [-0.2, 0) is 0 Å². The van der Waals surface area contributed by atoms with Gasteiger partial charge in [0.25, 0.3) is 5.91 Å². The Balaban J connectivity index is 1.91. The summed E-state index contributed by atoms with van der Waals surface area (Å²) >= 11 is 0. The normalized spacial score (nSPS) is 10.7. The molecule has 1 aromatic carbocycles. The lowest BCUT2D eigenvalue weighted by atomic mass is 10.1. The number of rotatable bonds is 10. The molecule has 0 spiro atoms. The molecule has 0 aliphatic rings. The summed E-state index contributed by atoms with van der Waals surface area (Å²) in [5, 5.41) is 3.73.